The number of anilines is 2. The van der Waals surface area contributed by atoms with Crippen LogP contribution in [-0.4, -0.2) is 49.4 Å². The molecule has 0 spiro atoms. The van der Waals surface area contributed by atoms with Crippen molar-refractivity contribution >= 4 is 23.6 Å². The first-order chi connectivity index (χ1) is 15.5. The van der Waals surface area contributed by atoms with E-state index in [1.165, 1.54) is 25.5 Å². The zero-order valence-electron chi connectivity index (χ0n) is 19.6. The molecule has 2 amide bonds. The van der Waals surface area contributed by atoms with E-state index in [2.05, 4.69) is 25.8 Å². The van der Waals surface area contributed by atoms with E-state index in [4.69, 9.17) is 5.73 Å². The van der Waals surface area contributed by atoms with E-state index in [1.807, 2.05) is 69.5 Å². The van der Waals surface area contributed by atoms with Crippen LogP contribution >= 0.6 is 0 Å². The lowest BCUT2D eigenvalue weighted by Crippen LogP contribution is -2.39. The molecular weight excluding hydrogens is 400 g/mol. The third-order valence-electron chi connectivity index (χ3n) is 5.23. The molecule has 1 unspecified atom stereocenters. The van der Waals surface area contributed by atoms with Gasteiger partial charge in [0.15, 0.2) is 0 Å². The number of nitrogens with two attached hydrogens (primary N) is 1. The van der Waals surface area contributed by atoms with E-state index in [1.54, 1.807) is 0 Å². The second-order valence-electron chi connectivity index (χ2n) is 7.87. The van der Waals surface area contributed by atoms with Gasteiger partial charge in [-0.1, -0.05) is 30.7 Å². The van der Waals surface area contributed by atoms with E-state index in [0.717, 1.165) is 42.3 Å². The SMILES string of the molecule is C\C=C/C(=C\C)C(=C/N)/N=CC(C)Nc1cccc(NC(=O)NCCN2CCCCC2)c1. The van der Waals surface area contributed by atoms with E-state index in [-0.39, 0.29) is 12.1 Å². The summed E-state index contributed by atoms with van der Waals surface area (Å²) in [4.78, 5) is 19.2. The summed E-state index contributed by atoms with van der Waals surface area (Å²) in [5.41, 5.74) is 9.06. The normalized spacial score (nSPS) is 17.0. The van der Waals surface area contributed by atoms with Crippen LogP contribution in [0.4, 0.5) is 16.2 Å². The molecule has 0 saturated carbocycles. The van der Waals surface area contributed by atoms with Gasteiger partial charge in [0.2, 0.25) is 0 Å². The van der Waals surface area contributed by atoms with Gasteiger partial charge < -0.3 is 26.6 Å². The molecule has 5 N–H and O–H groups in total. The van der Waals surface area contributed by atoms with Gasteiger partial charge in [-0.25, -0.2) is 4.79 Å². The van der Waals surface area contributed by atoms with Gasteiger partial charge in [-0.3, -0.25) is 4.99 Å². The van der Waals surface area contributed by atoms with Gasteiger partial charge in [-0.2, -0.15) is 0 Å². The molecule has 1 aromatic rings. The van der Waals surface area contributed by atoms with Crippen molar-refractivity contribution in [2.24, 2.45) is 10.7 Å². The largest absolute Gasteiger partial charge is 0.403 e. The second-order valence-corrected chi connectivity index (χ2v) is 7.87. The molecule has 1 aliphatic heterocycles. The van der Waals surface area contributed by atoms with Gasteiger partial charge >= 0.3 is 6.03 Å². The standard InChI is InChI=1S/C25H38N6O/c1-4-10-21(5-2)24(18-26)28-19-20(3)29-22-11-9-12-23(17-22)30-25(32)27-13-16-31-14-7-6-8-15-31/h4-5,9-12,17-20,29H,6-8,13-16,26H2,1-3H3,(H2,27,30,32)/b10-4-,21-5+,24-18-,28-19?. The zero-order chi connectivity index (χ0) is 23.2. The third kappa shape index (κ3) is 8.98. The molecule has 1 fully saturated rings. The Morgan fingerprint density at radius 3 is 2.66 bits per heavy atom. The van der Waals surface area contributed by atoms with Crippen LogP contribution in [0.15, 0.2) is 65.0 Å². The first-order valence-corrected chi connectivity index (χ1v) is 11.4. The predicted molar refractivity (Wildman–Crippen MR) is 136 cm³/mol. The molecule has 32 heavy (non-hydrogen) atoms. The molecular formula is C25H38N6O. The highest BCUT2D eigenvalue weighted by Gasteiger charge is 2.10. The average Bonchev–Trinajstić information content (AvgIpc) is 2.79. The fourth-order valence-electron chi connectivity index (χ4n) is 3.59. The fraction of sp³-hybridized carbons (Fsp3) is 0.440. The lowest BCUT2D eigenvalue weighted by Gasteiger charge is -2.26. The molecule has 2 rings (SSSR count). The minimum absolute atomic E-state index is 0.0257. The Morgan fingerprint density at radius 1 is 1.22 bits per heavy atom. The lowest BCUT2D eigenvalue weighted by atomic mass is 10.1. The number of hydrogen-bond donors (Lipinski definition) is 4. The quantitative estimate of drug-likeness (QED) is 0.320. The molecule has 0 aliphatic carbocycles. The van der Waals surface area contributed by atoms with Gasteiger partial charge in [-0.15, -0.1) is 0 Å². The summed E-state index contributed by atoms with van der Waals surface area (Å²) in [5.74, 6) is 0. The van der Waals surface area contributed by atoms with Gasteiger partial charge in [0.1, 0.15) is 0 Å². The molecule has 1 aromatic carbocycles. The number of carbonyl (C=O) groups excluding carboxylic acids is 1. The third-order valence-corrected chi connectivity index (χ3v) is 5.23. The fourth-order valence-corrected chi connectivity index (χ4v) is 3.59. The van der Waals surface area contributed by atoms with Crippen LogP contribution in [0.1, 0.15) is 40.0 Å². The van der Waals surface area contributed by atoms with E-state index in [9.17, 15) is 4.79 Å². The van der Waals surface area contributed by atoms with Gasteiger partial charge in [0.05, 0.1) is 11.7 Å². The summed E-state index contributed by atoms with van der Waals surface area (Å²) in [6.07, 6.45) is 13.1. The number of nitrogens with one attached hydrogen (secondary N) is 3. The maximum atomic E-state index is 12.2. The molecule has 1 aliphatic rings. The highest BCUT2D eigenvalue weighted by atomic mass is 16.2. The number of benzene rings is 1. The molecule has 7 nitrogen and oxygen atoms in total. The first kappa shape index (κ1) is 25.2. The minimum atomic E-state index is -0.186. The van der Waals surface area contributed by atoms with Crippen LogP contribution in [0.3, 0.4) is 0 Å². The molecule has 0 aromatic heterocycles. The first-order valence-electron chi connectivity index (χ1n) is 11.4. The summed E-state index contributed by atoms with van der Waals surface area (Å²) in [5, 5.41) is 9.23. The summed E-state index contributed by atoms with van der Waals surface area (Å²) in [6, 6.07) is 7.44. The summed E-state index contributed by atoms with van der Waals surface area (Å²) in [7, 11) is 0. The molecule has 0 bridgehead atoms. The van der Waals surface area contributed by atoms with Crippen molar-refractivity contribution in [3.8, 4) is 0 Å². The van der Waals surface area contributed by atoms with E-state index >= 15 is 0 Å². The van der Waals surface area contributed by atoms with E-state index < -0.39 is 0 Å². The van der Waals surface area contributed by atoms with Gasteiger partial charge in [0, 0.05) is 36.9 Å². The Kier molecular flexibility index (Phi) is 11.1. The van der Waals surface area contributed by atoms with Crippen molar-refractivity contribution in [2.45, 2.75) is 46.1 Å². The van der Waals surface area contributed by atoms with Crippen LogP contribution < -0.4 is 21.7 Å². The predicted octanol–water partition coefficient (Wildman–Crippen LogP) is 4.49. The molecule has 0 radical (unpaired) electrons. The monoisotopic (exact) mass is 438 g/mol. The second kappa shape index (κ2) is 14.1. The maximum absolute atomic E-state index is 12.2. The molecule has 174 valence electrons. The number of likely N-dealkylation sites (tertiary alicyclic amines) is 1. The number of nitrogens with zero attached hydrogens (tertiary/aromatic N) is 2. The van der Waals surface area contributed by atoms with Crippen molar-refractivity contribution in [2.75, 3.05) is 36.8 Å². The maximum Gasteiger partial charge on any atom is 0.319 e. The van der Waals surface area contributed by atoms with Crippen LogP contribution in [-0.2, 0) is 0 Å². The Balaban J connectivity index is 1.84. The summed E-state index contributed by atoms with van der Waals surface area (Å²) >= 11 is 0. The Labute approximate surface area is 192 Å². The molecule has 7 heteroatoms. The highest BCUT2D eigenvalue weighted by Crippen LogP contribution is 2.16. The van der Waals surface area contributed by atoms with Crippen molar-refractivity contribution in [1.29, 1.82) is 0 Å². The minimum Gasteiger partial charge on any atom is -0.403 e. The lowest BCUT2D eigenvalue weighted by molar-refractivity contribution is 0.224. The number of amides is 2. The van der Waals surface area contributed by atoms with Crippen LogP contribution in [0.5, 0.6) is 0 Å². The number of allylic oxidation sites excluding steroid dienone is 3. The zero-order valence-corrected chi connectivity index (χ0v) is 19.6. The number of rotatable bonds is 10. The van der Waals surface area contributed by atoms with Crippen molar-refractivity contribution in [1.82, 2.24) is 10.2 Å². The smallest absolute Gasteiger partial charge is 0.319 e. The number of piperidine rings is 1. The van der Waals surface area contributed by atoms with Crippen LogP contribution in [0.2, 0.25) is 0 Å². The Morgan fingerprint density at radius 2 is 1.97 bits per heavy atom. The van der Waals surface area contributed by atoms with Gasteiger partial charge in [0.25, 0.3) is 0 Å². The van der Waals surface area contributed by atoms with Crippen molar-refractivity contribution < 1.29 is 4.79 Å². The van der Waals surface area contributed by atoms with E-state index in [0.29, 0.717) is 6.54 Å². The number of aliphatic imine (C=N–C) groups is 1. The van der Waals surface area contributed by atoms with Crippen LogP contribution in [0, 0.1) is 0 Å². The Hall–Kier alpha value is -3.06. The molecule has 1 saturated heterocycles. The van der Waals surface area contributed by atoms with Crippen molar-refractivity contribution in [3.05, 3.63) is 60.0 Å². The Bertz CT molecular complexity index is 837. The molecule has 1 heterocycles. The van der Waals surface area contributed by atoms with Crippen molar-refractivity contribution in [3.63, 3.8) is 0 Å². The average molecular weight is 439 g/mol. The number of carbonyl (C=O) groups is 1. The summed E-state index contributed by atoms with van der Waals surface area (Å²) < 4.78 is 0. The highest BCUT2D eigenvalue weighted by molar-refractivity contribution is 5.89. The number of hydrogen-bond acceptors (Lipinski definition) is 5. The summed E-state index contributed by atoms with van der Waals surface area (Å²) in [6.45, 7) is 9.73. The topological polar surface area (TPSA) is 94.8 Å². The molecule has 1 atom stereocenters. The number of urea groups is 1. The van der Waals surface area contributed by atoms with Crippen LogP contribution in [0.25, 0.3) is 0 Å². The van der Waals surface area contributed by atoms with Gasteiger partial charge in [-0.05, 0) is 70.5 Å².